The van der Waals surface area contributed by atoms with Gasteiger partial charge in [-0.05, 0) is 5.75 Å². The molecule has 1 N–H and O–H groups in total. The van der Waals surface area contributed by atoms with Crippen LogP contribution >= 0.6 is 23.1 Å². The average molecular weight is 278 g/mol. The number of thioether (sulfide) groups is 1. The first-order valence-corrected chi connectivity index (χ1v) is 7.47. The molecule has 1 aromatic carbocycles. The number of aromatic nitrogens is 1. The lowest BCUT2D eigenvalue weighted by atomic mass is 10.2. The summed E-state index contributed by atoms with van der Waals surface area (Å²) in [6.07, 6.45) is 0. The number of anilines is 1. The molecule has 0 atom stereocenters. The summed E-state index contributed by atoms with van der Waals surface area (Å²) >= 11 is 3.22. The van der Waals surface area contributed by atoms with Crippen molar-refractivity contribution in [3.8, 4) is 11.3 Å². The van der Waals surface area contributed by atoms with Crippen LogP contribution in [0.15, 0.2) is 34.7 Å². The Morgan fingerprint density at radius 1 is 1.39 bits per heavy atom. The minimum absolute atomic E-state index is 0.0659. The highest BCUT2D eigenvalue weighted by atomic mass is 32.2. The zero-order chi connectivity index (χ0) is 13.0. The summed E-state index contributed by atoms with van der Waals surface area (Å²) in [6, 6.07) is 9.91. The van der Waals surface area contributed by atoms with Crippen LogP contribution in [0.1, 0.15) is 13.8 Å². The van der Waals surface area contributed by atoms with Gasteiger partial charge in [0.05, 0.1) is 0 Å². The van der Waals surface area contributed by atoms with Crippen molar-refractivity contribution in [3.05, 3.63) is 30.3 Å². The molecule has 1 amide bonds. The fourth-order valence-corrected chi connectivity index (χ4v) is 3.53. The number of benzene rings is 1. The van der Waals surface area contributed by atoms with Gasteiger partial charge in [-0.15, -0.1) is 0 Å². The van der Waals surface area contributed by atoms with Gasteiger partial charge in [-0.2, -0.15) is 0 Å². The monoisotopic (exact) mass is 278 g/mol. The fraction of sp³-hybridized carbons (Fsp3) is 0.231. The summed E-state index contributed by atoms with van der Waals surface area (Å²) in [7, 11) is 0. The third-order valence-corrected chi connectivity index (χ3v) is 4.21. The fourth-order valence-electron chi connectivity index (χ4n) is 1.52. The zero-order valence-electron chi connectivity index (χ0n) is 10.3. The van der Waals surface area contributed by atoms with Crippen molar-refractivity contribution in [1.82, 2.24) is 4.98 Å². The topological polar surface area (TPSA) is 42.0 Å². The first-order chi connectivity index (χ1) is 8.70. The Balaban J connectivity index is 2.40. The first-order valence-electron chi connectivity index (χ1n) is 5.67. The lowest BCUT2D eigenvalue weighted by Gasteiger charge is -2.01. The Hall–Kier alpha value is -1.33. The van der Waals surface area contributed by atoms with E-state index < -0.39 is 0 Å². The largest absolute Gasteiger partial charge is 0.316 e. The Kier molecular flexibility index (Phi) is 4.38. The standard InChI is InChI=1S/C13H14N2OS2/c1-3-17-13-15-11(10-7-5-4-6-8-10)12(18-13)14-9(2)16/h4-8H,3H2,1-2H3,(H,14,16). The SMILES string of the molecule is CCSc1nc(-c2ccccc2)c(NC(C)=O)s1. The summed E-state index contributed by atoms with van der Waals surface area (Å²) in [5.41, 5.74) is 1.88. The molecule has 0 aliphatic heterocycles. The van der Waals surface area contributed by atoms with Gasteiger partial charge in [0.1, 0.15) is 10.7 Å². The summed E-state index contributed by atoms with van der Waals surface area (Å²) in [5, 5.41) is 3.68. The van der Waals surface area contributed by atoms with E-state index >= 15 is 0 Å². The molecule has 0 unspecified atom stereocenters. The molecule has 0 aliphatic rings. The third kappa shape index (κ3) is 3.11. The number of carbonyl (C=O) groups is 1. The van der Waals surface area contributed by atoms with Crippen LogP contribution in [0.4, 0.5) is 5.00 Å². The highest BCUT2D eigenvalue weighted by molar-refractivity contribution is 8.01. The van der Waals surface area contributed by atoms with E-state index in [1.54, 1.807) is 11.8 Å². The van der Waals surface area contributed by atoms with Gasteiger partial charge in [-0.25, -0.2) is 4.98 Å². The lowest BCUT2D eigenvalue weighted by molar-refractivity contribution is -0.114. The zero-order valence-corrected chi connectivity index (χ0v) is 11.9. The van der Waals surface area contributed by atoms with Gasteiger partial charge >= 0.3 is 0 Å². The number of thiazole rings is 1. The second-order valence-electron chi connectivity index (χ2n) is 3.64. The second-order valence-corrected chi connectivity index (χ2v) is 6.15. The minimum Gasteiger partial charge on any atom is -0.316 e. The van der Waals surface area contributed by atoms with Gasteiger partial charge in [0.25, 0.3) is 0 Å². The van der Waals surface area contributed by atoms with E-state index in [0.717, 1.165) is 26.4 Å². The maximum absolute atomic E-state index is 11.2. The number of nitrogens with one attached hydrogen (secondary N) is 1. The smallest absolute Gasteiger partial charge is 0.221 e. The van der Waals surface area contributed by atoms with Crippen LogP contribution in [-0.4, -0.2) is 16.6 Å². The van der Waals surface area contributed by atoms with Crippen LogP contribution in [0.3, 0.4) is 0 Å². The summed E-state index contributed by atoms with van der Waals surface area (Å²) in [4.78, 5) is 15.8. The van der Waals surface area contributed by atoms with Crippen molar-refractivity contribution < 1.29 is 4.79 Å². The van der Waals surface area contributed by atoms with E-state index in [-0.39, 0.29) is 5.91 Å². The van der Waals surface area contributed by atoms with Crippen LogP contribution < -0.4 is 5.32 Å². The van der Waals surface area contributed by atoms with E-state index in [1.807, 2.05) is 30.3 Å². The predicted molar refractivity (Wildman–Crippen MR) is 78.3 cm³/mol. The van der Waals surface area contributed by atoms with E-state index in [2.05, 4.69) is 17.2 Å². The van der Waals surface area contributed by atoms with Crippen LogP contribution in [-0.2, 0) is 4.79 Å². The second kappa shape index (κ2) is 6.02. The molecule has 0 aliphatic carbocycles. The summed E-state index contributed by atoms with van der Waals surface area (Å²) in [5.74, 6) is 0.908. The van der Waals surface area contributed by atoms with Gasteiger partial charge < -0.3 is 5.32 Å². The molecule has 0 bridgehead atoms. The van der Waals surface area contributed by atoms with E-state index in [4.69, 9.17) is 0 Å². The van der Waals surface area contributed by atoms with Gasteiger partial charge in [-0.3, -0.25) is 4.79 Å². The maximum atomic E-state index is 11.2. The highest BCUT2D eigenvalue weighted by Gasteiger charge is 2.13. The van der Waals surface area contributed by atoms with E-state index in [0.29, 0.717) is 0 Å². The molecule has 2 aromatic rings. The van der Waals surface area contributed by atoms with Crippen molar-refractivity contribution in [2.75, 3.05) is 11.1 Å². The van der Waals surface area contributed by atoms with Crippen molar-refractivity contribution in [2.24, 2.45) is 0 Å². The highest BCUT2D eigenvalue weighted by Crippen LogP contribution is 2.37. The lowest BCUT2D eigenvalue weighted by Crippen LogP contribution is -2.05. The van der Waals surface area contributed by atoms with Gasteiger partial charge in [0.15, 0.2) is 4.34 Å². The van der Waals surface area contributed by atoms with Gasteiger partial charge in [0, 0.05) is 12.5 Å². The number of amides is 1. The van der Waals surface area contributed by atoms with Crippen molar-refractivity contribution in [2.45, 2.75) is 18.2 Å². The van der Waals surface area contributed by atoms with Crippen LogP contribution in [0.5, 0.6) is 0 Å². The molecule has 0 fully saturated rings. The molecular weight excluding hydrogens is 264 g/mol. The number of rotatable bonds is 4. The average Bonchev–Trinajstić information content (AvgIpc) is 2.73. The number of carbonyl (C=O) groups excluding carboxylic acids is 1. The molecule has 3 nitrogen and oxygen atoms in total. The molecule has 0 saturated carbocycles. The van der Waals surface area contributed by atoms with Crippen molar-refractivity contribution in [1.29, 1.82) is 0 Å². The molecule has 2 rings (SSSR count). The quantitative estimate of drug-likeness (QED) is 0.863. The Morgan fingerprint density at radius 3 is 2.72 bits per heavy atom. The van der Waals surface area contributed by atoms with Crippen LogP contribution in [0.25, 0.3) is 11.3 Å². The van der Waals surface area contributed by atoms with Crippen molar-refractivity contribution in [3.63, 3.8) is 0 Å². The normalized spacial score (nSPS) is 10.3. The minimum atomic E-state index is -0.0659. The molecule has 0 saturated heterocycles. The summed E-state index contributed by atoms with van der Waals surface area (Å²) in [6.45, 7) is 3.60. The maximum Gasteiger partial charge on any atom is 0.221 e. The van der Waals surface area contributed by atoms with Crippen molar-refractivity contribution >= 4 is 34.0 Å². The molecule has 1 aromatic heterocycles. The first kappa shape index (κ1) is 13.1. The number of nitrogens with zero attached hydrogens (tertiary/aromatic N) is 1. The molecule has 94 valence electrons. The molecule has 18 heavy (non-hydrogen) atoms. The molecule has 0 spiro atoms. The Labute approximate surface area is 115 Å². The summed E-state index contributed by atoms with van der Waals surface area (Å²) < 4.78 is 0.986. The molecule has 0 radical (unpaired) electrons. The van der Waals surface area contributed by atoms with Crippen LogP contribution in [0, 0.1) is 0 Å². The molecule has 1 heterocycles. The number of hydrogen-bond acceptors (Lipinski definition) is 4. The Morgan fingerprint density at radius 2 is 2.11 bits per heavy atom. The van der Waals surface area contributed by atoms with E-state index in [1.165, 1.54) is 18.3 Å². The van der Waals surface area contributed by atoms with Crippen LogP contribution in [0.2, 0.25) is 0 Å². The van der Waals surface area contributed by atoms with Gasteiger partial charge in [-0.1, -0.05) is 60.4 Å². The third-order valence-electron chi connectivity index (χ3n) is 2.21. The number of hydrogen-bond donors (Lipinski definition) is 1. The van der Waals surface area contributed by atoms with Gasteiger partial charge in [0.2, 0.25) is 5.91 Å². The van der Waals surface area contributed by atoms with E-state index in [9.17, 15) is 4.79 Å². The molecular formula is C13H14N2OS2. The molecule has 5 heteroatoms. The predicted octanol–water partition coefficient (Wildman–Crippen LogP) is 3.88. The Bertz CT molecular complexity index is 537.